The van der Waals surface area contributed by atoms with E-state index in [2.05, 4.69) is 0 Å². The molecule has 2 aliphatic carbocycles. The zero-order chi connectivity index (χ0) is 13.7. The van der Waals surface area contributed by atoms with Crippen LogP contribution in [-0.2, 0) is 4.79 Å². The highest BCUT2D eigenvalue weighted by atomic mass is 16.3. The monoisotopic (exact) mass is 252 g/mol. The average Bonchev–Trinajstić information content (AvgIpc) is 2.43. The first-order valence-electron chi connectivity index (χ1n) is 6.79. The number of allylic oxidation sites excluding steroid dienone is 2. The zero-order valence-electron chi connectivity index (χ0n) is 11.8. The molecule has 0 saturated heterocycles. The van der Waals surface area contributed by atoms with Crippen LogP contribution in [0, 0.1) is 11.8 Å². The van der Waals surface area contributed by atoms with E-state index in [9.17, 15) is 15.0 Å². The number of carbonyl (C=O) groups is 1. The predicted octanol–water partition coefficient (Wildman–Crippen LogP) is 2.21. The van der Waals surface area contributed by atoms with Crippen LogP contribution in [0.1, 0.15) is 53.4 Å². The molecule has 0 aromatic rings. The van der Waals surface area contributed by atoms with Crippen LogP contribution in [0.25, 0.3) is 0 Å². The molecule has 0 spiro atoms. The van der Waals surface area contributed by atoms with Crippen LogP contribution < -0.4 is 0 Å². The smallest absolute Gasteiger partial charge is 0.161 e. The number of hydrogen-bond acceptors (Lipinski definition) is 3. The highest BCUT2D eigenvalue weighted by molar-refractivity contribution is 5.97. The lowest BCUT2D eigenvalue weighted by molar-refractivity contribution is -0.121. The number of Topliss-reactive ketones (excluding diaryl/α,β-unsaturated/α-hetero) is 1. The van der Waals surface area contributed by atoms with Crippen molar-refractivity contribution in [3.63, 3.8) is 0 Å². The van der Waals surface area contributed by atoms with Crippen LogP contribution in [0.3, 0.4) is 0 Å². The Morgan fingerprint density at radius 1 is 1.17 bits per heavy atom. The molecule has 0 radical (unpaired) electrons. The van der Waals surface area contributed by atoms with Crippen LogP contribution >= 0.6 is 0 Å². The molecule has 18 heavy (non-hydrogen) atoms. The minimum atomic E-state index is -0.987. The Hall–Kier alpha value is -0.670. The lowest BCUT2D eigenvalue weighted by atomic mass is 9.76. The number of carbonyl (C=O) groups excluding carboxylic acids is 1. The van der Waals surface area contributed by atoms with Crippen molar-refractivity contribution in [2.45, 2.75) is 64.6 Å². The van der Waals surface area contributed by atoms with E-state index in [1.165, 1.54) is 0 Å². The van der Waals surface area contributed by atoms with Crippen LogP contribution in [-0.4, -0.2) is 27.2 Å². The van der Waals surface area contributed by atoms with Crippen molar-refractivity contribution < 1.29 is 15.0 Å². The van der Waals surface area contributed by atoms with Gasteiger partial charge in [-0.15, -0.1) is 0 Å². The third kappa shape index (κ3) is 2.14. The molecule has 0 bridgehead atoms. The van der Waals surface area contributed by atoms with Gasteiger partial charge >= 0.3 is 0 Å². The molecule has 2 saturated carbocycles. The zero-order valence-corrected chi connectivity index (χ0v) is 11.8. The van der Waals surface area contributed by atoms with Crippen molar-refractivity contribution in [1.82, 2.24) is 0 Å². The number of hydrogen-bond donors (Lipinski definition) is 2. The van der Waals surface area contributed by atoms with Crippen molar-refractivity contribution in [2.75, 3.05) is 0 Å². The standard InChI is InChI=1S/C15H24O3/c1-9(2)10-7-12-11(5-6-14(12,3)17)15(4,18)8-13(10)16/h11-12,17-18H,5-8H2,1-4H3/t11-,12+,14-,15+/m0/s1. The van der Waals surface area contributed by atoms with Crippen LogP contribution in [0.4, 0.5) is 0 Å². The molecule has 102 valence electrons. The van der Waals surface area contributed by atoms with Crippen LogP contribution in [0.2, 0.25) is 0 Å². The van der Waals surface area contributed by atoms with Gasteiger partial charge in [0.05, 0.1) is 11.2 Å². The first-order chi connectivity index (χ1) is 8.15. The van der Waals surface area contributed by atoms with Gasteiger partial charge in [0.2, 0.25) is 0 Å². The fraction of sp³-hybridized carbons (Fsp3) is 0.800. The van der Waals surface area contributed by atoms with Crippen molar-refractivity contribution in [3.05, 3.63) is 11.1 Å². The van der Waals surface area contributed by atoms with E-state index < -0.39 is 11.2 Å². The van der Waals surface area contributed by atoms with Crippen LogP contribution in [0.5, 0.6) is 0 Å². The van der Waals surface area contributed by atoms with Crippen molar-refractivity contribution in [1.29, 1.82) is 0 Å². The van der Waals surface area contributed by atoms with E-state index >= 15 is 0 Å². The van der Waals surface area contributed by atoms with Crippen molar-refractivity contribution in [3.8, 4) is 0 Å². The molecule has 2 rings (SSSR count). The van der Waals surface area contributed by atoms with Gasteiger partial charge in [0.25, 0.3) is 0 Å². The minimum Gasteiger partial charge on any atom is -0.390 e. The molecule has 3 nitrogen and oxygen atoms in total. The second kappa shape index (κ2) is 4.17. The van der Waals surface area contributed by atoms with Crippen molar-refractivity contribution >= 4 is 5.78 Å². The van der Waals surface area contributed by atoms with Gasteiger partial charge in [-0.1, -0.05) is 5.57 Å². The Labute approximate surface area is 109 Å². The third-order valence-electron chi connectivity index (χ3n) is 4.93. The summed E-state index contributed by atoms with van der Waals surface area (Å²) in [6.45, 7) is 7.46. The Kier molecular flexibility index (Phi) is 3.19. The molecule has 2 fully saturated rings. The average molecular weight is 252 g/mol. The van der Waals surface area contributed by atoms with E-state index in [-0.39, 0.29) is 24.0 Å². The first kappa shape index (κ1) is 13.8. The fourth-order valence-electron chi connectivity index (χ4n) is 3.75. The SMILES string of the molecule is CC(C)=C1C[C@@H]2[C@H](CC[C@]2(C)O)[C@](C)(O)CC1=O. The molecule has 0 aromatic carbocycles. The Bertz CT molecular complexity index is 400. The first-order valence-corrected chi connectivity index (χ1v) is 6.79. The Morgan fingerprint density at radius 2 is 1.78 bits per heavy atom. The van der Waals surface area contributed by atoms with Gasteiger partial charge < -0.3 is 10.2 Å². The summed E-state index contributed by atoms with van der Waals surface area (Å²) in [5, 5.41) is 21.1. The molecular formula is C15H24O3. The molecule has 3 heteroatoms. The van der Waals surface area contributed by atoms with E-state index in [1.807, 2.05) is 20.8 Å². The maximum Gasteiger partial charge on any atom is 0.161 e. The van der Waals surface area contributed by atoms with E-state index in [0.717, 1.165) is 17.6 Å². The summed E-state index contributed by atoms with van der Waals surface area (Å²) in [5.74, 6) is 0.0577. The lowest BCUT2D eigenvalue weighted by Gasteiger charge is -2.34. The van der Waals surface area contributed by atoms with Gasteiger partial charge in [-0.25, -0.2) is 0 Å². The molecule has 0 heterocycles. The summed E-state index contributed by atoms with van der Waals surface area (Å²) in [6.07, 6.45) is 2.30. The summed E-state index contributed by atoms with van der Waals surface area (Å²) in [4.78, 5) is 12.2. The molecule has 0 aliphatic heterocycles. The van der Waals surface area contributed by atoms with Gasteiger partial charge in [-0.3, -0.25) is 4.79 Å². The molecule has 2 N–H and O–H groups in total. The van der Waals surface area contributed by atoms with Gasteiger partial charge in [0.1, 0.15) is 0 Å². The topological polar surface area (TPSA) is 57.5 Å². The van der Waals surface area contributed by atoms with E-state index in [0.29, 0.717) is 12.8 Å². The number of fused-ring (bicyclic) bond motifs is 1. The molecule has 4 atom stereocenters. The maximum atomic E-state index is 12.2. The Balaban J connectivity index is 2.45. The van der Waals surface area contributed by atoms with E-state index in [4.69, 9.17) is 0 Å². The highest BCUT2D eigenvalue weighted by Crippen LogP contribution is 2.51. The van der Waals surface area contributed by atoms with Crippen LogP contribution in [0.15, 0.2) is 11.1 Å². The largest absolute Gasteiger partial charge is 0.390 e. The number of aliphatic hydroxyl groups is 2. The summed E-state index contributed by atoms with van der Waals surface area (Å²) in [6, 6.07) is 0. The third-order valence-corrected chi connectivity index (χ3v) is 4.93. The summed E-state index contributed by atoms with van der Waals surface area (Å²) in [7, 11) is 0. The quantitative estimate of drug-likeness (QED) is 0.650. The van der Waals surface area contributed by atoms with Gasteiger partial charge in [0, 0.05) is 6.42 Å². The fourth-order valence-corrected chi connectivity index (χ4v) is 3.75. The molecule has 0 amide bonds. The second-order valence-electron chi connectivity index (χ2n) is 6.75. The molecule has 0 unspecified atom stereocenters. The van der Waals surface area contributed by atoms with Crippen molar-refractivity contribution in [2.24, 2.45) is 11.8 Å². The normalized spacial score (nSPS) is 44.8. The van der Waals surface area contributed by atoms with Gasteiger partial charge in [-0.05, 0) is 64.4 Å². The molecule has 2 aliphatic rings. The van der Waals surface area contributed by atoms with Gasteiger partial charge in [-0.2, -0.15) is 0 Å². The Morgan fingerprint density at radius 3 is 2.33 bits per heavy atom. The minimum absolute atomic E-state index is 0.0103. The molecule has 0 aromatic heterocycles. The highest BCUT2D eigenvalue weighted by Gasteiger charge is 2.53. The predicted molar refractivity (Wildman–Crippen MR) is 70.1 cm³/mol. The van der Waals surface area contributed by atoms with Gasteiger partial charge in [0.15, 0.2) is 5.78 Å². The van der Waals surface area contributed by atoms with E-state index in [1.54, 1.807) is 6.92 Å². The molecular weight excluding hydrogens is 228 g/mol. The number of ketones is 1. The summed E-state index contributed by atoms with van der Waals surface area (Å²) >= 11 is 0. The summed E-state index contributed by atoms with van der Waals surface area (Å²) in [5.41, 5.74) is 0.0727. The second-order valence-corrected chi connectivity index (χ2v) is 6.75. The lowest BCUT2D eigenvalue weighted by Crippen LogP contribution is -2.41. The summed E-state index contributed by atoms with van der Waals surface area (Å²) < 4.78 is 0. The number of rotatable bonds is 0. The maximum absolute atomic E-state index is 12.2.